The van der Waals surface area contributed by atoms with Gasteiger partial charge in [0.1, 0.15) is 5.75 Å². The van der Waals surface area contributed by atoms with Gasteiger partial charge in [-0.05, 0) is 54.4 Å². The molecule has 2 aliphatic carbocycles. The topological polar surface area (TPSA) is 67.8 Å². The lowest BCUT2D eigenvalue weighted by molar-refractivity contribution is -0.138. The van der Waals surface area contributed by atoms with Gasteiger partial charge in [-0.25, -0.2) is 0 Å². The third-order valence-corrected chi connectivity index (χ3v) is 7.84. The van der Waals surface area contributed by atoms with Crippen molar-refractivity contribution in [2.24, 2.45) is 22.7 Å². The maximum Gasteiger partial charge on any atom is 0.222 e. The molecule has 3 fully saturated rings. The van der Waals surface area contributed by atoms with E-state index in [1.165, 1.54) is 0 Å². The molecular weight excluding hydrogens is 366 g/mol. The first-order valence-electron chi connectivity index (χ1n) is 11.2. The molecule has 5 nitrogen and oxygen atoms in total. The van der Waals surface area contributed by atoms with Crippen molar-refractivity contribution < 1.29 is 19.4 Å². The minimum Gasteiger partial charge on any atom is -0.493 e. The van der Waals surface area contributed by atoms with E-state index in [9.17, 15) is 9.90 Å². The van der Waals surface area contributed by atoms with Gasteiger partial charge in [0.25, 0.3) is 0 Å². The van der Waals surface area contributed by atoms with Gasteiger partial charge in [-0.15, -0.1) is 0 Å². The summed E-state index contributed by atoms with van der Waals surface area (Å²) in [4.78, 5) is 12.4. The highest BCUT2D eigenvalue weighted by atomic mass is 16.5. The molecule has 1 spiro atoms. The van der Waals surface area contributed by atoms with Crippen molar-refractivity contribution in [3.05, 3.63) is 29.8 Å². The predicted octanol–water partition coefficient (Wildman–Crippen LogP) is 3.86. The molecule has 0 aromatic heterocycles. The highest BCUT2D eigenvalue weighted by Crippen LogP contribution is 2.70. The van der Waals surface area contributed by atoms with Gasteiger partial charge in [0.05, 0.1) is 19.3 Å². The molecule has 5 atom stereocenters. The molecule has 0 radical (unpaired) electrons. The second kappa shape index (κ2) is 7.92. The maximum atomic E-state index is 12.4. The van der Waals surface area contributed by atoms with E-state index in [0.29, 0.717) is 25.0 Å². The first-order chi connectivity index (χ1) is 13.9. The maximum absolute atomic E-state index is 12.4. The van der Waals surface area contributed by atoms with Crippen molar-refractivity contribution in [1.29, 1.82) is 0 Å². The quantitative estimate of drug-likeness (QED) is 0.728. The Morgan fingerprint density at radius 1 is 1.34 bits per heavy atom. The Hall–Kier alpha value is -1.59. The van der Waals surface area contributed by atoms with E-state index in [1.54, 1.807) is 0 Å². The predicted molar refractivity (Wildman–Crippen MR) is 112 cm³/mol. The molecule has 2 saturated carbocycles. The summed E-state index contributed by atoms with van der Waals surface area (Å²) in [7, 11) is 0. The monoisotopic (exact) mass is 401 g/mol. The van der Waals surface area contributed by atoms with Crippen LogP contribution in [0, 0.1) is 22.7 Å². The second-order valence-electron chi connectivity index (χ2n) is 9.70. The van der Waals surface area contributed by atoms with Crippen LogP contribution in [-0.4, -0.2) is 36.9 Å². The van der Waals surface area contributed by atoms with Crippen molar-refractivity contribution in [2.75, 3.05) is 19.8 Å². The fourth-order valence-corrected chi connectivity index (χ4v) is 6.49. The first-order valence-corrected chi connectivity index (χ1v) is 11.2. The number of para-hydroxylation sites is 1. The lowest BCUT2D eigenvalue weighted by atomic mass is 9.58. The molecule has 1 amide bonds. The smallest absolute Gasteiger partial charge is 0.222 e. The molecule has 2 N–H and O–H groups in total. The molecule has 1 heterocycles. The van der Waals surface area contributed by atoms with Crippen LogP contribution in [0.4, 0.5) is 0 Å². The largest absolute Gasteiger partial charge is 0.493 e. The van der Waals surface area contributed by atoms with Gasteiger partial charge in [-0.1, -0.05) is 39.0 Å². The molecule has 5 heteroatoms. The van der Waals surface area contributed by atoms with Crippen LogP contribution < -0.4 is 10.1 Å². The molecule has 1 saturated heterocycles. The van der Waals surface area contributed by atoms with Gasteiger partial charge in [0.15, 0.2) is 0 Å². The lowest BCUT2D eigenvalue weighted by Crippen LogP contribution is -2.59. The van der Waals surface area contributed by atoms with E-state index in [1.807, 2.05) is 12.1 Å². The zero-order valence-electron chi connectivity index (χ0n) is 17.9. The highest BCUT2D eigenvalue weighted by molar-refractivity contribution is 5.76. The summed E-state index contributed by atoms with van der Waals surface area (Å²) < 4.78 is 12.4. The number of fused-ring (bicyclic) bond motifs is 1. The molecule has 160 valence electrons. The van der Waals surface area contributed by atoms with E-state index in [4.69, 9.17) is 9.47 Å². The normalized spacial score (nSPS) is 34.6. The number of hydrogen-bond acceptors (Lipinski definition) is 4. The number of aliphatic hydroxyl groups excluding tert-OH is 1. The Morgan fingerprint density at radius 2 is 2.14 bits per heavy atom. The van der Waals surface area contributed by atoms with E-state index in [-0.39, 0.29) is 41.9 Å². The van der Waals surface area contributed by atoms with Gasteiger partial charge in [-0.3, -0.25) is 4.79 Å². The minimum atomic E-state index is -0.104. The van der Waals surface area contributed by atoms with Crippen molar-refractivity contribution in [3.63, 3.8) is 0 Å². The van der Waals surface area contributed by atoms with Crippen LogP contribution in [0.15, 0.2) is 24.3 Å². The number of carbonyl (C=O) groups is 1. The van der Waals surface area contributed by atoms with Gasteiger partial charge >= 0.3 is 0 Å². The van der Waals surface area contributed by atoms with Crippen molar-refractivity contribution in [3.8, 4) is 5.75 Å². The summed E-state index contributed by atoms with van der Waals surface area (Å²) in [5.74, 6) is 1.83. The van der Waals surface area contributed by atoms with E-state index >= 15 is 0 Å². The van der Waals surface area contributed by atoms with E-state index < -0.39 is 0 Å². The average Bonchev–Trinajstić information content (AvgIpc) is 3.19. The Morgan fingerprint density at radius 3 is 2.90 bits per heavy atom. The van der Waals surface area contributed by atoms with Crippen molar-refractivity contribution in [2.45, 2.75) is 65.0 Å². The number of ether oxygens (including phenoxy) is 2. The summed E-state index contributed by atoms with van der Waals surface area (Å²) in [5.41, 5.74) is 1.26. The standard InChI is InChI=1S/C24H35NO4/c1-4-12-28-19-8-6-5-7-17(19)21-18-14-16-15-24(18,10-13-29-21)22(23(16,2)3)25-20(27)9-11-26/h5-8,16,18,21-22,26H,4,9-15H2,1-3H3,(H,25,27)/t16-,18-,21-,22+,24-/m1/s1. The number of hydrogen-bond donors (Lipinski definition) is 2. The molecule has 0 unspecified atom stereocenters. The summed E-state index contributed by atoms with van der Waals surface area (Å²) in [6.07, 6.45) is 4.42. The first kappa shape index (κ1) is 20.7. The minimum absolute atomic E-state index is 0.00940. The van der Waals surface area contributed by atoms with Crippen LogP contribution in [0.25, 0.3) is 0 Å². The SMILES string of the molecule is CCCOc1ccccc1[C@H]1OCC[C@@]23C[C@@H](C[C@H]12)C(C)(C)[C@@H]3NC(=O)CCO. The summed E-state index contributed by atoms with van der Waals surface area (Å²) in [6, 6.07) is 8.40. The number of carbonyl (C=O) groups excluding carboxylic acids is 1. The molecule has 2 bridgehead atoms. The third kappa shape index (κ3) is 3.36. The number of rotatable bonds is 7. The summed E-state index contributed by atoms with van der Waals surface area (Å²) in [5, 5.41) is 12.5. The van der Waals surface area contributed by atoms with Crippen LogP contribution in [0.1, 0.15) is 64.5 Å². The van der Waals surface area contributed by atoms with Crippen LogP contribution in [0.5, 0.6) is 5.75 Å². The van der Waals surface area contributed by atoms with Crippen LogP contribution in [-0.2, 0) is 9.53 Å². The fourth-order valence-electron chi connectivity index (χ4n) is 6.49. The number of aliphatic hydroxyl groups is 1. The summed E-state index contributed by atoms with van der Waals surface area (Å²) in [6.45, 7) is 8.03. The van der Waals surface area contributed by atoms with Crippen molar-refractivity contribution >= 4 is 5.91 Å². The van der Waals surface area contributed by atoms with Crippen molar-refractivity contribution in [1.82, 2.24) is 5.32 Å². The Balaban J connectivity index is 1.66. The lowest BCUT2D eigenvalue weighted by Gasteiger charge is -2.53. The molecule has 3 aliphatic rings. The van der Waals surface area contributed by atoms with Gasteiger partial charge in [-0.2, -0.15) is 0 Å². The molecular formula is C24H35NO4. The molecule has 1 aromatic carbocycles. The van der Waals surface area contributed by atoms with Gasteiger partial charge < -0.3 is 19.9 Å². The Labute approximate surface area is 174 Å². The fraction of sp³-hybridized carbons (Fsp3) is 0.708. The molecule has 1 aromatic rings. The zero-order valence-corrected chi connectivity index (χ0v) is 17.9. The molecule has 29 heavy (non-hydrogen) atoms. The van der Waals surface area contributed by atoms with E-state index in [2.05, 4.69) is 38.2 Å². The number of nitrogens with one attached hydrogen (secondary N) is 1. The summed E-state index contributed by atoms with van der Waals surface area (Å²) >= 11 is 0. The van der Waals surface area contributed by atoms with Gasteiger partial charge in [0.2, 0.25) is 5.91 Å². The average molecular weight is 402 g/mol. The molecule has 4 rings (SSSR count). The van der Waals surface area contributed by atoms with Crippen LogP contribution in [0.2, 0.25) is 0 Å². The second-order valence-corrected chi connectivity index (χ2v) is 9.70. The molecule has 1 aliphatic heterocycles. The number of benzene rings is 1. The Kier molecular flexibility index (Phi) is 5.64. The Bertz CT molecular complexity index is 748. The third-order valence-electron chi connectivity index (χ3n) is 7.84. The van der Waals surface area contributed by atoms with E-state index in [0.717, 1.165) is 37.0 Å². The van der Waals surface area contributed by atoms with Crippen LogP contribution in [0.3, 0.4) is 0 Å². The van der Waals surface area contributed by atoms with Gasteiger partial charge in [0, 0.05) is 24.6 Å². The van der Waals surface area contributed by atoms with Crippen LogP contribution >= 0.6 is 0 Å². The zero-order chi connectivity index (χ0) is 20.6. The number of amides is 1. The highest BCUT2D eigenvalue weighted by Gasteiger charge is 2.68.